The Balaban J connectivity index is 2.13. The van der Waals surface area contributed by atoms with E-state index < -0.39 is 0 Å². The van der Waals surface area contributed by atoms with Gasteiger partial charge >= 0.3 is 0 Å². The maximum absolute atomic E-state index is 5.50. The summed E-state index contributed by atoms with van der Waals surface area (Å²) >= 11 is 0. The van der Waals surface area contributed by atoms with E-state index in [0.29, 0.717) is 6.54 Å². The van der Waals surface area contributed by atoms with Gasteiger partial charge in [-0.05, 0) is 43.5 Å². The molecule has 1 heterocycles. The number of benzene rings is 1. The van der Waals surface area contributed by atoms with Gasteiger partial charge in [0.25, 0.3) is 0 Å². The van der Waals surface area contributed by atoms with E-state index in [9.17, 15) is 0 Å². The van der Waals surface area contributed by atoms with E-state index in [1.807, 2.05) is 12.1 Å². The number of methoxy groups -OCH3 is 1. The molecule has 0 amide bonds. The molecule has 2 N–H and O–H groups in total. The van der Waals surface area contributed by atoms with Crippen molar-refractivity contribution in [1.29, 1.82) is 0 Å². The van der Waals surface area contributed by atoms with Crippen molar-refractivity contribution >= 4 is 0 Å². The van der Waals surface area contributed by atoms with Crippen LogP contribution in [0.4, 0.5) is 0 Å². The summed E-state index contributed by atoms with van der Waals surface area (Å²) in [5.74, 6) is 7.81. The number of likely N-dealkylation sites (tertiary alicyclic amines) is 1. The Labute approximate surface area is 128 Å². The molecule has 1 aromatic carbocycles. The molecule has 3 nitrogen and oxygen atoms in total. The lowest BCUT2D eigenvalue weighted by molar-refractivity contribution is 0.163. The summed E-state index contributed by atoms with van der Waals surface area (Å²) in [6.07, 6.45) is 3.94. The highest BCUT2D eigenvalue weighted by Gasteiger charge is 2.19. The van der Waals surface area contributed by atoms with Gasteiger partial charge in [-0.15, -0.1) is 0 Å². The molecular formula is C18H26N2O. The predicted octanol–water partition coefficient (Wildman–Crippen LogP) is 2.63. The molecule has 0 spiro atoms. The third kappa shape index (κ3) is 4.49. The molecule has 1 aromatic rings. The van der Waals surface area contributed by atoms with Gasteiger partial charge in [-0.3, -0.25) is 4.90 Å². The first-order valence-corrected chi connectivity index (χ1v) is 7.85. The number of hydrogen-bond acceptors (Lipinski definition) is 3. The number of hydrogen-bond donors (Lipinski definition) is 1. The maximum atomic E-state index is 5.50. The van der Waals surface area contributed by atoms with Gasteiger partial charge in [0.05, 0.1) is 13.7 Å². The molecule has 0 saturated carbocycles. The van der Waals surface area contributed by atoms with Crippen LogP contribution in [0.3, 0.4) is 0 Å². The minimum atomic E-state index is 0.395. The summed E-state index contributed by atoms with van der Waals surface area (Å²) in [5.41, 5.74) is 7.68. The van der Waals surface area contributed by atoms with Crippen LogP contribution in [0, 0.1) is 17.8 Å². The first kappa shape index (κ1) is 15.9. The van der Waals surface area contributed by atoms with Crippen LogP contribution in [0.5, 0.6) is 5.75 Å². The molecular weight excluding hydrogens is 260 g/mol. The van der Waals surface area contributed by atoms with Gasteiger partial charge in [0.1, 0.15) is 5.75 Å². The number of ether oxygens (including phenoxy) is 1. The predicted molar refractivity (Wildman–Crippen MR) is 87.2 cm³/mol. The third-order valence-electron chi connectivity index (χ3n) is 4.19. The largest absolute Gasteiger partial charge is 0.496 e. The Morgan fingerprint density at radius 3 is 3.00 bits per heavy atom. The van der Waals surface area contributed by atoms with Crippen molar-refractivity contribution in [2.75, 3.05) is 26.7 Å². The number of nitrogens with zero attached hydrogens (tertiary/aromatic N) is 1. The topological polar surface area (TPSA) is 38.5 Å². The van der Waals surface area contributed by atoms with Crippen molar-refractivity contribution in [2.45, 2.75) is 32.7 Å². The summed E-state index contributed by atoms with van der Waals surface area (Å²) < 4.78 is 5.50. The Kier molecular flexibility index (Phi) is 6.10. The molecule has 0 radical (unpaired) electrons. The lowest BCUT2D eigenvalue weighted by atomic mass is 9.95. The van der Waals surface area contributed by atoms with Gasteiger partial charge in [0.2, 0.25) is 0 Å². The number of nitrogens with two attached hydrogens (primary N) is 1. The molecule has 0 bridgehead atoms. The minimum Gasteiger partial charge on any atom is -0.496 e. The molecule has 114 valence electrons. The molecule has 0 aromatic heterocycles. The number of rotatable bonds is 4. The summed E-state index contributed by atoms with van der Waals surface area (Å²) in [5, 5.41) is 0. The maximum Gasteiger partial charge on any atom is 0.123 e. The summed E-state index contributed by atoms with van der Waals surface area (Å²) in [6, 6.07) is 6.14. The Morgan fingerprint density at radius 1 is 1.43 bits per heavy atom. The van der Waals surface area contributed by atoms with Crippen molar-refractivity contribution in [3.63, 3.8) is 0 Å². The Hall–Kier alpha value is -1.50. The highest BCUT2D eigenvalue weighted by molar-refractivity contribution is 5.44. The number of piperidine rings is 1. The van der Waals surface area contributed by atoms with Gasteiger partial charge in [-0.1, -0.05) is 25.2 Å². The highest BCUT2D eigenvalue weighted by Crippen LogP contribution is 2.25. The summed E-state index contributed by atoms with van der Waals surface area (Å²) in [7, 11) is 1.73. The fourth-order valence-corrected chi connectivity index (χ4v) is 3.00. The quantitative estimate of drug-likeness (QED) is 0.865. The van der Waals surface area contributed by atoms with Crippen LogP contribution in [-0.4, -0.2) is 31.6 Å². The molecule has 1 fully saturated rings. The fraction of sp³-hybridized carbons (Fsp3) is 0.556. The van der Waals surface area contributed by atoms with E-state index in [2.05, 4.69) is 29.7 Å². The van der Waals surface area contributed by atoms with Crippen molar-refractivity contribution < 1.29 is 4.74 Å². The van der Waals surface area contributed by atoms with E-state index in [0.717, 1.165) is 23.8 Å². The van der Waals surface area contributed by atoms with Crippen LogP contribution in [0.15, 0.2) is 18.2 Å². The smallest absolute Gasteiger partial charge is 0.123 e. The van der Waals surface area contributed by atoms with E-state index in [1.54, 1.807) is 7.11 Å². The minimum absolute atomic E-state index is 0.395. The van der Waals surface area contributed by atoms with Gasteiger partial charge in [-0.25, -0.2) is 0 Å². The van der Waals surface area contributed by atoms with Gasteiger partial charge in [0, 0.05) is 24.2 Å². The molecule has 1 atom stereocenters. The molecule has 1 aliphatic rings. The van der Waals surface area contributed by atoms with Crippen LogP contribution in [-0.2, 0) is 6.54 Å². The van der Waals surface area contributed by atoms with Crippen LogP contribution < -0.4 is 10.5 Å². The second-order valence-corrected chi connectivity index (χ2v) is 5.68. The molecule has 1 aliphatic heterocycles. The zero-order valence-corrected chi connectivity index (χ0v) is 13.2. The van der Waals surface area contributed by atoms with Crippen LogP contribution in [0.25, 0.3) is 0 Å². The van der Waals surface area contributed by atoms with Gasteiger partial charge in [0.15, 0.2) is 0 Å². The molecule has 1 saturated heterocycles. The van der Waals surface area contributed by atoms with Crippen molar-refractivity contribution in [2.24, 2.45) is 11.7 Å². The first-order chi connectivity index (χ1) is 10.3. The lowest BCUT2D eigenvalue weighted by Gasteiger charge is -2.32. The van der Waals surface area contributed by atoms with Crippen LogP contribution >= 0.6 is 0 Å². The van der Waals surface area contributed by atoms with Crippen molar-refractivity contribution in [1.82, 2.24) is 4.90 Å². The zero-order valence-electron chi connectivity index (χ0n) is 13.2. The first-order valence-electron chi connectivity index (χ1n) is 7.85. The van der Waals surface area contributed by atoms with E-state index >= 15 is 0 Å². The van der Waals surface area contributed by atoms with Crippen LogP contribution in [0.1, 0.15) is 37.3 Å². The molecule has 3 heteroatoms. The average Bonchev–Trinajstić information content (AvgIpc) is 2.53. The SMILES string of the molecule is CCC1CCCN(Cc2cc(C#CCN)ccc2OC)C1. The Morgan fingerprint density at radius 2 is 2.29 bits per heavy atom. The van der Waals surface area contributed by atoms with Crippen molar-refractivity contribution in [3.05, 3.63) is 29.3 Å². The molecule has 21 heavy (non-hydrogen) atoms. The molecule has 1 unspecified atom stereocenters. The molecule has 2 rings (SSSR count). The van der Waals surface area contributed by atoms with E-state index in [1.165, 1.54) is 37.9 Å². The average molecular weight is 286 g/mol. The summed E-state index contributed by atoms with van der Waals surface area (Å²) in [4.78, 5) is 2.54. The lowest BCUT2D eigenvalue weighted by Crippen LogP contribution is -2.34. The standard InChI is InChI=1S/C18H26N2O/c1-3-15-7-5-11-20(13-15)14-17-12-16(6-4-10-19)8-9-18(17)21-2/h8-9,12,15H,3,5,7,10-11,13-14,19H2,1-2H3. The van der Waals surface area contributed by atoms with Gasteiger partial charge < -0.3 is 10.5 Å². The monoisotopic (exact) mass is 286 g/mol. The third-order valence-corrected chi connectivity index (χ3v) is 4.19. The second-order valence-electron chi connectivity index (χ2n) is 5.68. The highest BCUT2D eigenvalue weighted by atomic mass is 16.5. The zero-order chi connectivity index (χ0) is 15.1. The summed E-state index contributed by atoms with van der Waals surface area (Å²) in [6.45, 7) is 6.00. The molecule has 0 aliphatic carbocycles. The second kappa shape index (κ2) is 8.07. The fourth-order valence-electron chi connectivity index (χ4n) is 3.00. The van der Waals surface area contributed by atoms with Crippen LogP contribution in [0.2, 0.25) is 0 Å². The van der Waals surface area contributed by atoms with E-state index in [4.69, 9.17) is 10.5 Å². The van der Waals surface area contributed by atoms with Gasteiger partial charge in [-0.2, -0.15) is 0 Å². The Bertz CT molecular complexity index is 516. The van der Waals surface area contributed by atoms with E-state index in [-0.39, 0.29) is 0 Å². The van der Waals surface area contributed by atoms with Crippen molar-refractivity contribution in [3.8, 4) is 17.6 Å². The normalized spacial score (nSPS) is 18.9.